The molecule has 1 amide bonds. The lowest BCUT2D eigenvalue weighted by Crippen LogP contribution is -2.56. The zero-order valence-electron chi connectivity index (χ0n) is 10.5. The van der Waals surface area contributed by atoms with Crippen molar-refractivity contribution in [2.45, 2.75) is 45.4 Å². The van der Waals surface area contributed by atoms with Crippen LogP contribution in [-0.4, -0.2) is 17.4 Å². The average molecular weight is 254 g/mol. The van der Waals surface area contributed by atoms with Gasteiger partial charge in [0.2, 0.25) is 5.91 Å². The van der Waals surface area contributed by atoms with Crippen molar-refractivity contribution < 1.29 is 4.79 Å². The zero-order chi connectivity index (χ0) is 12.5. The Bertz CT molecular complexity index is 317. The second kappa shape index (κ2) is 4.92. The highest BCUT2D eigenvalue weighted by molar-refractivity contribution is 7.80. The quantitative estimate of drug-likeness (QED) is 0.754. The van der Waals surface area contributed by atoms with Crippen molar-refractivity contribution in [1.82, 2.24) is 5.32 Å². The van der Waals surface area contributed by atoms with E-state index in [0.29, 0.717) is 16.8 Å². The van der Waals surface area contributed by atoms with Gasteiger partial charge in [-0.15, -0.1) is 0 Å². The molecule has 3 nitrogen and oxygen atoms in total. The number of hydrogen-bond acceptors (Lipinski definition) is 2. The van der Waals surface area contributed by atoms with Gasteiger partial charge < -0.3 is 11.1 Å². The Balaban J connectivity index is 1.87. The van der Waals surface area contributed by atoms with E-state index < -0.39 is 5.41 Å². The molecule has 2 saturated carbocycles. The van der Waals surface area contributed by atoms with Crippen molar-refractivity contribution in [3.8, 4) is 0 Å². The molecule has 0 saturated heterocycles. The molecule has 0 heterocycles. The first-order valence-electron chi connectivity index (χ1n) is 6.63. The van der Waals surface area contributed by atoms with Crippen LogP contribution in [0.1, 0.15) is 45.4 Å². The van der Waals surface area contributed by atoms with E-state index in [9.17, 15) is 4.79 Å². The van der Waals surface area contributed by atoms with Gasteiger partial charge in [0.1, 0.15) is 0 Å². The average Bonchev–Trinajstić information content (AvgIpc) is 2.73. The fraction of sp³-hybridized carbons (Fsp3) is 0.846. The van der Waals surface area contributed by atoms with Crippen LogP contribution < -0.4 is 11.1 Å². The molecule has 0 spiro atoms. The SMILES string of the molecule is CC1CC(C(=O)NCC2CCCC2)(C(N)=S)C1. The monoisotopic (exact) mass is 254 g/mol. The highest BCUT2D eigenvalue weighted by atomic mass is 32.1. The molecular formula is C13H22N2OS. The lowest BCUT2D eigenvalue weighted by Gasteiger charge is -2.44. The summed E-state index contributed by atoms with van der Waals surface area (Å²) in [7, 11) is 0. The maximum Gasteiger partial charge on any atom is 0.233 e. The van der Waals surface area contributed by atoms with Gasteiger partial charge in [-0.25, -0.2) is 0 Å². The van der Waals surface area contributed by atoms with Gasteiger partial charge in [-0.05, 0) is 37.5 Å². The Labute approximate surface area is 109 Å². The maximum atomic E-state index is 12.2. The van der Waals surface area contributed by atoms with Crippen molar-refractivity contribution in [3.05, 3.63) is 0 Å². The lowest BCUT2D eigenvalue weighted by molar-refractivity contribution is -0.133. The second-order valence-corrected chi connectivity index (χ2v) is 6.26. The molecule has 2 fully saturated rings. The van der Waals surface area contributed by atoms with Crippen LogP contribution in [0, 0.1) is 17.3 Å². The molecule has 0 aromatic heterocycles. The molecule has 0 aromatic rings. The molecule has 4 heteroatoms. The second-order valence-electron chi connectivity index (χ2n) is 5.82. The van der Waals surface area contributed by atoms with Crippen molar-refractivity contribution in [1.29, 1.82) is 0 Å². The number of nitrogens with two attached hydrogens (primary N) is 1. The van der Waals surface area contributed by atoms with Gasteiger partial charge in [-0.2, -0.15) is 0 Å². The summed E-state index contributed by atoms with van der Waals surface area (Å²) in [5, 5.41) is 3.06. The molecule has 2 aliphatic rings. The van der Waals surface area contributed by atoms with Crippen molar-refractivity contribution in [2.75, 3.05) is 6.54 Å². The van der Waals surface area contributed by atoms with Crippen LogP contribution in [0.2, 0.25) is 0 Å². The third-order valence-corrected chi connectivity index (χ3v) is 4.72. The van der Waals surface area contributed by atoms with E-state index in [-0.39, 0.29) is 5.91 Å². The number of carbonyl (C=O) groups is 1. The molecule has 2 rings (SSSR count). The summed E-state index contributed by atoms with van der Waals surface area (Å²) in [5.41, 5.74) is 5.22. The molecule has 2 aliphatic carbocycles. The summed E-state index contributed by atoms with van der Waals surface area (Å²) in [6.07, 6.45) is 6.74. The summed E-state index contributed by atoms with van der Waals surface area (Å²) >= 11 is 5.08. The van der Waals surface area contributed by atoms with Gasteiger partial charge in [0.15, 0.2) is 0 Å². The molecule has 3 N–H and O–H groups in total. The molecule has 0 aliphatic heterocycles. The highest BCUT2D eigenvalue weighted by Crippen LogP contribution is 2.46. The third kappa shape index (κ3) is 2.46. The first kappa shape index (κ1) is 12.8. The van der Waals surface area contributed by atoms with Crippen LogP contribution in [0.25, 0.3) is 0 Å². The van der Waals surface area contributed by atoms with Gasteiger partial charge in [0, 0.05) is 6.54 Å². The van der Waals surface area contributed by atoms with E-state index in [1.807, 2.05) is 0 Å². The van der Waals surface area contributed by atoms with Crippen LogP contribution in [0.3, 0.4) is 0 Å². The molecule has 0 radical (unpaired) electrons. The standard InChI is InChI=1S/C13H22N2OS/c1-9-6-13(7-9,11(14)17)12(16)15-8-10-4-2-3-5-10/h9-10H,2-8H2,1H3,(H2,14,17)(H,15,16). The smallest absolute Gasteiger partial charge is 0.233 e. The Kier molecular flexibility index (Phi) is 3.71. The Morgan fingerprint density at radius 2 is 2.00 bits per heavy atom. The Hall–Kier alpha value is -0.640. The number of nitrogens with one attached hydrogen (secondary N) is 1. The predicted octanol–water partition coefficient (Wildman–Crippen LogP) is 2.00. The first-order valence-corrected chi connectivity index (χ1v) is 7.03. The van der Waals surface area contributed by atoms with E-state index >= 15 is 0 Å². The van der Waals surface area contributed by atoms with E-state index in [4.69, 9.17) is 18.0 Å². The number of carbonyl (C=O) groups excluding carboxylic acids is 1. The van der Waals surface area contributed by atoms with Crippen LogP contribution in [-0.2, 0) is 4.79 Å². The fourth-order valence-corrected chi connectivity index (χ4v) is 3.51. The molecule has 0 bridgehead atoms. The molecule has 0 aromatic carbocycles. The topological polar surface area (TPSA) is 55.1 Å². The van der Waals surface area contributed by atoms with Crippen molar-refractivity contribution in [3.63, 3.8) is 0 Å². The van der Waals surface area contributed by atoms with Crippen LogP contribution >= 0.6 is 12.2 Å². The van der Waals surface area contributed by atoms with Crippen molar-refractivity contribution in [2.24, 2.45) is 23.0 Å². The summed E-state index contributed by atoms with van der Waals surface area (Å²) in [6.45, 7) is 2.94. The van der Waals surface area contributed by atoms with Crippen LogP contribution in [0.4, 0.5) is 0 Å². The van der Waals surface area contributed by atoms with Gasteiger partial charge in [-0.3, -0.25) is 4.79 Å². The summed E-state index contributed by atoms with van der Waals surface area (Å²) in [4.78, 5) is 12.6. The lowest BCUT2D eigenvalue weighted by atomic mass is 9.62. The normalized spacial score (nSPS) is 33.1. The van der Waals surface area contributed by atoms with E-state index in [0.717, 1.165) is 19.4 Å². The Morgan fingerprint density at radius 3 is 2.47 bits per heavy atom. The fourth-order valence-electron chi connectivity index (χ4n) is 3.25. The van der Waals surface area contributed by atoms with E-state index in [2.05, 4.69) is 12.2 Å². The minimum Gasteiger partial charge on any atom is -0.392 e. The minimum absolute atomic E-state index is 0.0648. The van der Waals surface area contributed by atoms with E-state index in [1.54, 1.807) is 0 Å². The molecule has 17 heavy (non-hydrogen) atoms. The number of amides is 1. The molecule has 96 valence electrons. The van der Waals surface area contributed by atoms with Gasteiger partial charge >= 0.3 is 0 Å². The Morgan fingerprint density at radius 1 is 1.41 bits per heavy atom. The molecule has 0 atom stereocenters. The van der Waals surface area contributed by atoms with Gasteiger partial charge in [0.05, 0.1) is 10.4 Å². The van der Waals surface area contributed by atoms with Crippen molar-refractivity contribution >= 4 is 23.1 Å². The largest absolute Gasteiger partial charge is 0.392 e. The first-order chi connectivity index (χ1) is 8.04. The minimum atomic E-state index is -0.534. The summed E-state index contributed by atoms with van der Waals surface area (Å²) in [6, 6.07) is 0. The number of rotatable bonds is 4. The van der Waals surface area contributed by atoms with Gasteiger partial charge in [0.25, 0.3) is 0 Å². The number of hydrogen-bond donors (Lipinski definition) is 2. The van der Waals surface area contributed by atoms with Crippen LogP contribution in [0.5, 0.6) is 0 Å². The summed E-state index contributed by atoms with van der Waals surface area (Å²) in [5.74, 6) is 1.29. The highest BCUT2D eigenvalue weighted by Gasteiger charge is 2.50. The zero-order valence-corrected chi connectivity index (χ0v) is 11.3. The maximum absolute atomic E-state index is 12.2. The third-order valence-electron chi connectivity index (χ3n) is 4.33. The summed E-state index contributed by atoms with van der Waals surface area (Å²) < 4.78 is 0. The molecular weight excluding hydrogens is 232 g/mol. The van der Waals surface area contributed by atoms with E-state index in [1.165, 1.54) is 25.7 Å². The van der Waals surface area contributed by atoms with Crippen LogP contribution in [0.15, 0.2) is 0 Å². The number of thiocarbonyl (C=S) groups is 1. The predicted molar refractivity (Wildman–Crippen MR) is 72.6 cm³/mol. The molecule has 0 unspecified atom stereocenters. The van der Waals surface area contributed by atoms with Gasteiger partial charge in [-0.1, -0.05) is 32.0 Å².